The fourth-order valence-electron chi connectivity index (χ4n) is 1.61. The molecule has 3 heteroatoms. The van der Waals surface area contributed by atoms with E-state index in [1.54, 1.807) is 0 Å². The van der Waals surface area contributed by atoms with Crippen LogP contribution in [-0.2, 0) is 4.79 Å². The molecule has 0 radical (unpaired) electrons. The zero-order valence-electron chi connectivity index (χ0n) is 8.71. The van der Waals surface area contributed by atoms with Gasteiger partial charge >= 0.3 is 5.97 Å². The van der Waals surface area contributed by atoms with E-state index in [1.165, 1.54) is 12.8 Å². The van der Waals surface area contributed by atoms with Crippen LogP contribution in [0.25, 0.3) is 0 Å². The monoisotopic (exact) mass is 185 g/mol. The van der Waals surface area contributed by atoms with Gasteiger partial charge < -0.3 is 10.0 Å². The van der Waals surface area contributed by atoms with Crippen molar-refractivity contribution < 1.29 is 9.90 Å². The minimum Gasteiger partial charge on any atom is -0.481 e. The number of hydrogen-bond donors (Lipinski definition) is 1. The molecule has 1 unspecified atom stereocenters. The molecule has 0 aromatic carbocycles. The Kier molecular flexibility index (Phi) is 2.96. The molecule has 1 N–H and O–H groups in total. The van der Waals surface area contributed by atoms with Crippen molar-refractivity contribution in [1.82, 2.24) is 4.90 Å². The lowest BCUT2D eigenvalue weighted by atomic mass is 9.99. The van der Waals surface area contributed by atoms with Crippen LogP contribution in [-0.4, -0.2) is 35.6 Å². The molecule has 0 spiro atoms. The van der Waals surface area contributed by atoms with E-state index >= 15 is 0 Å². The van der Waals surface area contributed by atoms with E-state index in [1.807, 2.05) is 7.05 Å². The molecule has 1 atom stereocenters. The van der Waals surface area contributed by atoms with Gasteiger partial charge in [-0.05, 0) is 32.2 Å². The lowest BCUT2D eigenvalue weighted by Crippen LogP contribution is -2.36. The van der Waals surface area contributed by atoms with Crippen LogP contribution in [0.15, 0.2) is 0 Å². The predicted octanol–water partition coefficient (Wildman–Crippen LogP) is 1.58. The minimum atomic E-state index is -0.708. The standard InChI is InChI=1S/C10H19NO2/c1-8(10(2)5-6-10)11(3)7-4-9(12)13/h8H,4-7H2,1-3H3,(H,12,13). The highest BCUT2D eigenvalue weighted by Crippen LogP contribution is 2.49. The Morgan fingerprint density at radius 2 is 2.15 bits per heavy atom. The van der Waals surface area contributed by atoms with Gasteiger partial charge in [0.15, 0.2) is 0 Å². The predicted molar refractivity (Wildman–Crippen MR) is 51.7 cm³/mol. The van der Waals surface area contributed by atoms with Gasteiger partial charge in [0, 0.05) is 12.6 Å². The number of rotatable bonds is 5. The maximum atomic E-state index is 10.4. The van der Waals surface area contributed by atoms with Crippen LogP contribution in [0.4, 0.5) is 0 Å². The molecule has 0 bridgehead atoms. The van der Waals surface area contributed by atoms with Crippen molar-refractivity contribution in [2.75, 3.05) is 13.6 Å². The van der Waals surface area contributed by atoms with Crippen LogP contribution in [0.5, 0.6) is 0 Å². The lowest BCUT2D eigenvalue weighted by Gasteiger charge is -2.29. The second kappa shape index (κ2) is 3.66. The number of hydrogen-bond acceptors (Lipinski definition) is 2. The Morgan fingerprint density at radius 1 is 1.62 bits per heavy atom. The molecular formula is C10H19NO2. The van der Waals surface area contributed by atoms with E-state index < -0.39 is 5.97 Å². The molecule has 3 nitrogen and oxygen atoms in total. The molecular weight excluding hydrogens is 166 g/mol. The average Bonchev–Trinajstić information content (AvgIpc) is 2.79. The Hall–Kier alpha value is -0.570. The first-order valence-corrected chi connectivity index (χ1v) is 4.88. The third-order valence-corrected chi connectivity index (χ3v) is 3.39. The normalized spacial score (nSPS) is 21.5. The highest BCUT2D eigenvalue weighted by atomic mass is 16.4. The highest BCUT2D eigenvalue weighted by molar-refractivity contribution is 5.66. The van der Waals surface area contributed by atoms with Crippen molar-refractivity contribution in [2.24, 2.45) is 5.41 Å². The fourth-order valence-corrected chi connectivity index (χ4v) is 1.61. The largest absolute Gasteiger partial charge is 0.481 e. The molecule has 1 saturated carbocycles. The Balaban J connectivity index is 2.30. The topological polar surface area (TPSA) is 40.5 Å². The number of carboxylic acid groups (broad SMARTS) is 1. The van der Waals surface area contributed by atoms with Gasteiger partial charge in [0.1, 0.15) is 0 Å². The molecule has 76 valence electrons. The zero-order valence-corrected chi connectivity index (χ0v) is 8.71. The van der Waals surface area contributed by atoms with E-state index in [9.17, 15) is 4.79 Å². The molecule has 0 heterocycles. The number of carboxylic acids is 1. The summed E-state index contributed by atoms with van der Waals surface area (Å²) >= 11 is 0. The van der Waals surface area contributed by atoms with E-state index in [2.05, 4.69) is 18.7 Å². The SMILES string of the molecule is CC(N(C)CCC(=O)O)C1(C)CC1. The zero-order chi connectivity index (χ0) is 10.1. The molecule has 1 rings (SSSR count). The van der Waals surface area contributed by atoms with E-state index in [4.69, 9.17) is 5.11 Å². The maximum Gasteiger partial charge on any atom is 0.304 e. The smallest absolute Gasteiger partial charge is 0.304 e. The summed E-state index contributed by atoms with van der Waals surface area (Å²) in [6.45, 7) is 5.12. The van der Waals surface area contributed by atoms with Crippen molar-refractivity contribution in [3.63, 3.8) is 0 Å². The summed E-state index contributed by atoms with van der Waals surface area (Å²) in [5, 5.41) is 8.54. The average molecular weight is 185 g/mol. The van der Waals surface area contributed by atoms with Gasteiger partial charge in [-0.25, -0.2) is 0 Å². The highest BCUT2D eigenvalue weighted by Gasteiger charge is 2.43. The van der Waals surface area contributed by atoms with Crippen LogP contribution in [0, 0.1) is 5.41 Å². The van der Waals surface area contributed by atoms with Gasteiger partial charge in [-0.15, -0.1) is 0 Å². The summed E-state index contributed by atoms with van der Waals surface area (Å²) in [4.78, 5) is 12.5. The Labute approximate surface area is 79.7 Å². The quantitative estimate of drug-likeness (QED) is 0.707. The maximum absolute atomic E-state index is 10.4. The fraction of sp³-hybridized carbons (Fsp3) is 0.900. The molecule has 0 saturated heterocycles. The third-order valence-electron chi connectivity index (χ3n) is 3.39. The van der Waals surface area contributed by atoms with Crippen LogP contribution in [0.2, 0.25) is 0 Å². The van der Waals surface area contributed by atoms with Crippen LogP contribution >= 0.6 is 0 Å². The first-order chi connectivity index (χ1) is 5.96. The van der Waals surface area contributed by atoms with Crippen LogP contribution in [0.1, 0.15) is 33.1 Å². The minimum absolute atomic E-state index is 0.247. The van der Waals surface area contributed by atoms with Crippen molar-refractivity contribution in [3.8, 4) is 0 Å². The second-order valence-electron chi connectivity index (χ2n) is 4.45. The first kappa shape index (κ1) is 10.5. The molecule has 0 aliphatic heterocycles. The van der Waals surface area contributed by atoms with Crippen molar-refractivity contribution in [1.29, 1.82) is 0 Å². The number of carbonyl (C=O) groups is 1. The molecule has 0 aromatic rings. The van der Waals surface area contributed by atoms with E-state index in [-0.39, 0.29) is 6.42 Å². The lowest BCUT2D eigenvalue weighted by molar-refractivity contribution is -0.137. The van der Waals surface area contributed by atoms with Gasteiger partial charge in [0.05, 0.1) is 6.42 Å². The summed E-state index contributed by atoms with van der Waals surface area (Å²) in [7, 11) is 2.01. The number of nitrogens with zero attached hydrogens (tertiary/aromatic N) is 1. The summed E-state index contributed by atoms with van der Waals surface area (Å²) in [6, 6.07) is 0.506. The van der Waals surface area contributed by atoms with Gasteiger partial charge in [0.25, 0.3) is 0 Å². The van der Waals surface area contributed by atoms with Crippen LogP contribution < -0.4 is 0 Å². The molecule has 1 aliphatic carbocycles. The first-order valence-electron chi connectivity index (χ1n) is 4.88. The second-order valence-corrected chi connectivity index (χ2v) is 4.45. The summed E-state index contributed by atoms with van der Waals surface area (Å²) in [5.74, 6) is -0.708. The van der Waals surface area contributed by atoms with Crippen molar-refractivity contribution >= 4 is 5.97 Å². The summed E-state index contributed by atoms with van der Waals surface area (Å²) < 4.78 is 0. The molecule has 1 fully saturated rings. The summed E-state index contributed by atoms with van der Waals surface area (Å²) in [5.41, 5.74) is 0.452. The number of aliphatic carboxylic acids is 1. The van der Waals surface area contributed by atoms with Gasteiger partial charge in [-0.3, -0.25) is 4.79 Å². The Bertz CT molecular complexity index is 199. The summed E-state index contributed by atoms with van der Waals surface area (Å²) in [6.07, 6.45) is 2.81. The van der Waals surface area contributed by atoms with Gasteiger partial charge in [-0.2, -0.15) is 0 Å². The molecule has 0 amide bonds. The molecule has 0 aromatic heterocycles. The van der Waals surface area contributed by atoms with E-state index in [0.717, 1.165) is 0 Å². The van der Waals surface area contributed by atoms with Gasteiger partial charge in [0.2, 0.25) is 0 Å². The third kappa shape index (κ3) is 2.69. The van der Waals surface area contributed by atoms with Gasteiger partial charge in [-0.1, -0.05) is 6.92 Å². The molecule has 1 aliphatic rings. The Morgan fingerprint density at radius 3 is 2.54 bits per heavy atom. The molecule has 13 heavy (non-hydrogen) atoms. The van der Waals surface area contributed by atoms with Crippen molar-refractivity contribution in [2.45, 2.75) is 39.2 Å². The van der Waals surface area contributed by atoms with E-state index in [0.29, 0.717) is 18.0 Å². The van der Waals surface area contributed by atoms with Crippen LogP contribution in [0.3, 0.4) is 0 Å². The van der Waals surface area contributed by atoms with Crippen molar-refractivity contribution in [3.05, 3.63) is 0 Å².